The van der Waals surface area contributed by atoms with Crippen LogP contribution in [0.1, 0.15) is 109 Å². The largest absolute Gasteiger partial charge is 0.508 e. The van der Waals surface area contributed by atoms with E-state index in [1.807, 2.05) is 12.1 Å². The van der Waals surface area contributed by atoms with Gasteiger partial charge in [-0.15, -0.1) is 0 Å². The summed E-state index contributed by atoms with van der Waals surface area (Å²) in [5, 5.41) is 9.22. The highest BCUT2D eigenvalue weighted by Crippen LogP contribution is 2.13. The predicted octanol–water partition coefficient (Wildman–Crippen LogP) is 7.62. The van der Waals surface area contributed by atoms with Gasteiger partial charge in [-0.25, -0.2) is 0 Å². The van der Waals surface area contributed by atoms with Crippen molar-refractivity contribution in [2.45, 2.75) is 103 Å². The van der Waals surface area contributed by atoms with Gasteiger partial charge in [0.05, 0.1) is 0 Å². The molecule has 0 bridgehead atoms. The second-order valence-electron chi connectivity index (χ2n) is 7.19. The van der Waals surface area contributed by atoms with E-state index in [-0.39, 0.29) is 0 Å². The lowest BCUT2D eigenvalue weighted by atomic mass is 10.0. The summed E-state index contributed by atoms with van der Waals surface area (Å²) in [5.74, 6) is 6.69. The van der Waals surface area contributed by atoms with Gasteiger partial charge in [0.1, 0.15) is 5.75 Å². The van der Waals surface area contributed by atoms with Crippen LogP contribution in [0, 0.1) is 11.8 Å². The van der Waals surface area contributed by atoms with E-state index < -0.39 is 0 Å². The smallest absolute Gasteiger partial charge is 0.115 e. The third-order valence-corrected chi connectivity index (χ3v) is 4.76. The third-order valence-electron chi connectivity index (χ3n) is 4.76. The molecule has 0 spiro atoms. The number of aromatic hydroxyl groups is 1. The standard InChI is InChI=1S/C24H38O/c1-2-3-4-5-6-7-8-9-10-11-12-13-14-15-16-17-18-23-19-21-24(25)22-20-23/h19-22,25H,2-16H2,1H3. The molecule has 0 fully saturated rings. The fraction of sp³-hybridized carbons (Fsp3) is 0.667. The molecule has 0 aliphatic heterocycles. The highest BCUT2D eigenvalue weighted by atomic mass is 16.3. The molecule has 0 atom stereocenters. The van der Waals surface area contributed by atoms with Gasteiger partial charge >= 0.3 is 0 Å². The van der Waals surface area contributed by atoms with Crippen molar-refractivity contribution in [3.05, 3.63) is 29.8 Å². The summed E-state index contributed by atoms with van der Waals surface area (Å²) in [6.07, 6.45) is 20.5. The summed E-state index contributed by atoms with van der Waals surface area (Å²) < 4.78 is 0. The molecule has 1 N–H and O–H groups in total. The zero-order valence-electron chi connectivity index (χ0n) is 16.4. The van der Waals surface area contributed by atoms with Crippen LogP contribution in [0.5, 0.6) is 5.75 Å². The van der Waals surface area contributed by atoms with E-state index in [9.17, 15) is 5.11 Å². The second-order valence-corrected chi connectivity index (χ2v) is 7.19. The molecule has 25 heavy (non-hydrogen) atoms. The predicted molar refractivity (Wildman–Crippen MR) is 110 cm³/mol. The number of hydrogen-bond acceptors (Lipinski definition) is 1. The number of benzene rings is 1. The summed E-state index contributed by atoms with van der Waals surface area (Å²) in [7, 11) is 0. The maximum Gasteiger partial charge on any atom is 0.115 e. The molecule has 1 aromatic rings. The molecule has 0 aliphatic rings. The summed E-state index contributed by atoms with van der Waals surface area (Å²) in [6.45, 7) is 2.28. The molecule has 0 heterocycles. The maximum atomic E-state index is 9.22. The van der Waals surface area contributed by atoms with Crippen LogP contribution in [0.3, 0.4) is 0 Å². The molecular formula is C24H38O. The Morgan fingerprint density at radius 1 is 0.640 bits per heavy atom. The summed E-state index contributed by atoms with van der Waals surface area (Å²) in [5.41, 5.74) is 0.989. The lowest BCUT2D eigenvalue weighted by molar-refractivity contribution is 0.475. The van der Waals surface area contributed by atoms with E-state index in [0.717, 1.165) is 12.0 Å². The van der Waals surface area contributed by atoms with Crippen LogP contribution < -0.4 is 0 Å². The van der Waals surface area contributed by atoms with Crippen LogP contribution in [0.4, 0.5) is 0 Å². The van der Waals surface area contributed by atoms with Crippen molar-refractivity contribution in [1.82, 2.24) is 0 Å². The highest BCUT2D eigenvalue weighted by Gasteiger charge is 1.94. The van der Waals surface area contributed by atoms with E-state index in [0.29, 0.717) is 5.75 Å². The van der Waals surface area contributed by atoms with Crippen molar-refractivity contribution >= 4 is 0 Å². The minimum absolute atomic E-state index is 0.303. The van der Waals surface area contributed by atoms with Crippen LogP contribution in [0.15, 0.2) is 24.3 Å². The Hall–Kier alpha value is -1.42. The number of hydrogen-bond donors (Lipinski definition) is 1. The second kappa shape index (κ2) is 16.1. The summed E-state index contributed by atoms with van der Waals surface area (Å²) in [6, 6.07) is 7.12. The van der Waals surface area contributed by atoms with E-state index in [4.69, 9.17) is 0 Å². The first-order valence-corrected chi connectivity index (χ1v) is 10.6. The van der Waals surface area contributed by atoms with E-state index in [1.54, 1.807) is 12.1 Å². The Morgan fingerprint density at radius 3 is 1.56 bits per heavy atom. The molecule has 1 aromatic carbocycles. The number of unbranched alkanes of at least 4 members (excludes halogenated alkanes) is 14. The Bertz CT molecular complexity index is 463. The maximum absolute atomic E-state index is 9.22. The molecule has 140 valence electrons. The van der Waals surface area contributed by atoms with Crippen LogP contribution in [0.25, 0.3) is 0 Å². The lowest BCUT2D eigenvalue weighted by Gasteiger charge is -2.02. The third kappa shape index (κ3) is 13.5. The average molecular weight is 343 g/mol. The van der Waals surface area contributed by atoms with Crippen molar-refractivity contribution in [2.24, 2.45) is 0 Å². The minimum atomic E-state index is 0.303. The van der Waals surface area contributed by atoms with Gasteiger partial charge in [-0.1, -0.05) is 102 Å². The van der Waals surface area contributed by atoms with E-state index in [2.05, 4.69) is 18.8 Å². The first-order valence-electron chi connectivity index (χ1n) is 10.6. The van der Waals surface area contributed by atoms with Crippen LogP contribution in [-0.4, -0.2) is 5.11 Å². The Kier molecular flexibility index (Phi) is 13.9. The van der Waals surface area contributed by atoms with Gasteiger partial charge in [0.25, 0.3) is 0 Å². The molecule has 1 heteroatoms. The molecule has 0 radical (unpaired) electrons. The zero-order valence-corrected chi connectivity index (χ0v) is 16.4. The zero-order chi connectivity index (χ0) is 18.0. The number of phenolic OH excluding ortho intramolecular Hbond substituents is 1. The molecule has 0 unspecified atom stereocenters. The van der Waals surface area contributed by atoms with Crippen LogP contribution in [0.2, 0.25) is 0 Å². The van der Waals surface area contributed by atoms with Gasteiger partial charge in [0.2, 0.25) is 0 Å². The van der Waals surface area contributed by atoms with Crippen molar-refractivity contribution in [3.8, 4) is 17.6 Å². The van der Waals surface area contributed by atoms with Crippen molar-refractivity contribution in [3.63, 3.8) is 0 Å². The van der Waals surface area contributed by atoms with E-state index >= 15 is 0 Å². The van der Waals surface area contributed by atoms with Crippen molar-refractivity contribution in [1.29, 1.82) is 0 Å². The van der Waals surface area contributed by atoms with Gasteiger partial charge < -0.3 is 5.11 Å². The van der Waals surface area contributed by atoms with Gasteiger partial charge in [-0.3, -0.25) is 0 Å². The number of rotatable bonds is 14. The molecule has 0 saturated heterocycles. The normalized spacial score (nSPS) is 10.4. The Balaban J connectivity index is 1.81. The van der Waals surface area contributed by atoms with Gasteiger partial charge in [-0.2, -0.15) is 0 Å². The van der Waals surface area contributed by atoms with Gasteiger partial charge in [0.15, 0.2) is 0 Å². The Morgan fingerprint density at radius 2 is 1.08 bits per heavy atom. The van der Waals surface area contributed by atoms with Crippen LogP contribution >= 0.6 is 0 Å². The molecule has 1 nitrogen and oxygen atoms in total. The van der Waals surface area contributed by atoms with E-state index in [1.165, 1.54) is 89.9 Å². The molecular weight excluding hydrogens is 304 g/mol. The average Bonchev–Trinajstić information content (AvgIpc) is 2.63. The summed E-state index contributed by atoms with van der Waals surface area (Å²) in [4.78, 5) is 0. The first-order chi connectivity index (χ1) is 12.3. The topological polar surface area (TPSA) is 20.2 Å². The van der Waals surface area contributed by atoms with Crippen molar-refractivity contribution < 1.29 is 5.11 Å². The molecule has 0 aliphatic carbocycles. The van der Waals surface area contributed by atoms with Gasteiger partial charge in [0, 0.05) is 12.0 Å². The van der Waals surface area contributed by atoms with Crippen molar-refractivity contribution in [2.75, 3.05) is 0 Å². The highest BCUT2D eigenvalue weighted by molar-refractivity contribution is 5.37. The lowest BCUT2D eigenvalue weighted by Crippen LogP contribution is -1.83. The quantitative estimate of drug-likeness (QED) is 0.272. The first kappa shape index (κ1) is 21.6. The molecule has 0 saturated carbocycles. The summed E-state index contributed by atoms with van der Waals surface area (Å²) >= 11 is 0. The molecule has 1 rings (SSSR count). The SMILES string of the molecule is CCCCCCCCCCCCCCCCC#Cc1ccc(O)cc1. The fourth-order valence-electron chi connectivity index (χ4n) is 3.12. The minimum Gasteiger partial charge on any atom is -0.508 e. The van der Waals surface area contributed by atoms with Gasteiger partial charge in [-0.05, 0) is 30.7 Å². The van der Waals surface area contributed by atoms with Crippen LogP contribution in [-0.2, 0) is 0 Å². The number of phenols is 1. The molecule has 0 aromatic heterocycles. The monoisotopic (exact) mass is 342 g/mol. The Labute approximate surface area is 156 Å². The molecule has 0 amide bonds. The fourth-order valence-corrected chi connectivity index (χ4v) is 3.12.